The quantitative estimate of drug-likeness (QED) is 0.854. The Labute approximate surface area is 115 Å². The van der Waals surface area contributed by atoms with Crippen molar-refractivity contribution >= 4 is 28.6 Å². The van der Waals surface area contributed by atoms with Crippen molar-refractivity contribution in [2.75, 3.05) is 0 Å². The molecule has 0 fully saturated rings. The molecule has 0 aliphatic carbocycles. The molecular formula is C13H16N2OS2. The first-order valence-corrected chi connectivity index (χ1v) is 7.54. The first-order valence-electron chi connectivity index (χ1n) is 5.78. The number of thiophene rings is 2. The van der Waals surface area contributed by atoms with Gasteiger partial charge in [0.2, 0.25) is 5.91 Å². The van der Waals surface area contributed by atoms with Crippen molar-refractivity contribution in [2.45, 2.75) is 25.4 Å². The minimum atomic E-state index is -0.322. The van der Waals surface area contributed by atoms with E-state index in [1.807, 2.05) is 17.5 Å². The summed E-state index contributed by atoms with van der Waals surface area (Å²) in [7, 11) is 0. The summed E-state index contributed by atoms with van der Waals surface area (Å²) in [5, 5.41) is 7.42. The first kappa shape index (κ1) is 13.3. The third-order valence-electron chi connectivity index (χ3n) is 2.75. The van der Waals surface area contributed by atoms with Crippen LogP contribution in [0.25, 0.3) is 0 Å². The van der Waals surface area contributed by atoms with Gasteiger partial charge in [0.25, 0.3) is 0 Å². The summed E-state index contributed by atoms with van der Waals surface area (Å²) in [6, 6.07) is 8.09. The van der Waals surface area contributed by atoms with Crippen molar-refractivity contribution < 1.29 is 4.79 Å². The lowest BCUT2D eigenvalue weighted by Gasteiger charge is -2.20. The molecule has 2 aromatic rings. The minimum absolute atomic E-state index is 0.145. The molecule has 0 aromatic carbocycles. The van der Waals surface area contributed by atoms with Crippen LogP contribution < -0.4 is 11.1 Å². The Balaban J connectivity index is 2.10. The maximum absolute atomic E-state index is 11.2. The highest BCUT2D eigenvalue weighted by Gasteiger charge is 2.18. The van der Waals surface area contributed by atoms with Crippen LogP contribution in [0.2, 0.25) is 0 Å². The molecular weight excluding hydrogens is 264 g/mol. The lowest BCUT2D eigenvalue weighted by molar-refractivity contribution is -0.119. The summed E-state index contributed by atoms with van der Waals surface area (Å²) in [4.78, 5) is 13.7. The van der Waals surface area contributed by atoms with Crippen molar-refractivity contribution in [3.05, 3.63) is 44.8 Å². The van der Waals surface area contributed by atoms with E-state index in [1.54, 1.807) is 29.6 Å². The van der Waals surface area contributed by atoms with Gasteiger partial charge in [0.1, 0.15) is 0 Å². The van der Waals surface area contributed by atoms with E-state index in [4.69, 9.17) is 5.73 Å². The smallest absolute Gasteiger partial charge is 0.234 e. The molecule has 2 rings (SSSR count). The van der Waals surface area contributed by atoms with Gasteiger partial charge in [-0.15, -0.1) is 22.7 Å². The van der Waals surface area contributed by atoms with Crippen LogP contribution in [0.3, 0.4) is 0 Å². The Hall–Kier alpha value is -1.17. The number of rotatable bonds is 6. The number of hydrogen-bond acceptors (Lipinski definition) is 4. The zero-order valence-corrected chi connectivity index (χ0v) is 11.8. The van der Waals surface area contributed by atoms with Gasteiger partial charge in [-0.2, -0.15) is 0 Å². The molecule has 0 bridgehead atoms. The van der Waals surface area contributed by atoms with E-state index in [0.29, 0.717) is 0 Å². The van der Waals surface area contributed by atoms with Crippen molar-refractivity contribution in [3.8, 4) is 0 Å². The van der Waals surface area contributed by atoms with Gasteiger partial charge in [0.15, 0.2) is 0 Å². The van der Waals surface area contributed by atoms with Crippen LogP contribution in [0.15, 0.2) is 35.0 Å². The number of nitrogens with one attached hydrogen (secondary N) is 1. The van der Waals surface area contributed by atoms with E-state index in [-0.39, 0.29) is 18.0 Å². The van der Waals surface area contributed by atoms with E-state index in [1.165, 1.54) is 9.75 Å². The molecule has 3 nitrogen and oxygen atoms in total. The van der Waals surface area contributed by atoms with E-state index in [0.717, 1.165) is 6.42 Å². The van der Waals surface area contributed by atoms with Crippen molar-refractivity contribution in [1.82, 2.24) is 5.32 Å². The van der Waals surface area contributed by atoms with Crippen LogP contribution in [-0.2, 0) is 11.2 Å². The molecule has 0 saturated carbocycles. The van der Waals surface area contributed by atoms with Crippen molar-refractivity contribution in [3.63, 3.8) is 0 Å². The van der Waals surface area contributed by atoms with Crippen LogP contribution in [0, 0.1) is 0 Å². The zero-order chi connectivity index (χ0) is 13.0. The molecule has 96 valence electrons. The molecule has 2 heterocycles. The van der Waals surface area contributed by atoms with Gasteiger partial charge in [-0.1, -0.05) is 12.1 Å². The zero-order valence-electron chi connectivity index (χ0n) is 10.1. The molecule has 18 heavy (non-hydrogen) atoms. The lowest BCUT2D eigenvalue weighted by Crippen LogP contribution is -2.41. The summed E-state index contributed by atoms with van der Waals surface area (Å²) in [6.07, 6.45) is 0.885. The predicted octanol–water partition coefficient (Wildman–Crippen LogP) is 2.56. The summed E-state index contributed by atoms with van der Waals surface area (Å²) >= 11 is 3.43. The van der Waals surface area contributed by atoms with E-state index < -0.39 is 0 Å². The predicted molar refractivity (Wildman–Crippen MR) is 76.9 cm³/mol. The molecule has 0 aliphatic heterocycles. The SMILES string of the molecule is CC(NC(Cc1cccs1)c1cccs1)C(N)=O. The Morgan fingerprint density at radius 1 is 1.33 bits per heavy atom. The Kier molecular flexibility index (Phi) is 4.52. The summed E-state index contributed by atoms with van der Waals surface area (Å²) in [5.74, 6) is -0.317. The van der Waals surface area contributed by atoms with Gasteiger partial charge in [0, 0.05) is 22.2 Å². The van der Waals surface area contributed by atoms with Gasteiger partial charge in [0.05, 0.1) is 6.04 Å². The Bertz CT molecular complexity index is 479. The number of hydrogen-bond donors (Lipinski definition) is 2. The topological polar surface area (TPSA) is 55.1 Å². The highest BCUT2D eigenvalue weighted by molar-refractivity contribution is 7.10. The highest BCUT2D eigenvalue weighted by atomic mass is 32.1. The number of primary amides is 1. The Morgan fingerprint density at radius 2 is 2.06 bits per heavy atom. The number of carbonyl (C=O) groups excluding carboxylic acids is 1. The van der Waals surface area contributed by atoms with Crippen molar-refractivity contribution in [2.24, 2.45) is 5.73 Å². The van der Waals surface area contributed by atoms with Crippen molar-refractivity contribution in [1.29, 1.82) is 0 Å². The molecule has 2 atom stereocenters. The van der Waals surface area contributed by atoms with Gasteiger partial charge in [-0.05, 0) is 29.8 Å². The normalized spacial score (nSPS) is 14.3. The third kappa shape index (κ3) is 3.41. The molecule has 0 spiro atoms. The molecule has 5 heteroatoms. The molecule has 2 unspecified atom stereocenters. The standard InChI is InChI=1S/C13H16N2OS2/c1-9(13(14)16)15-11(12-5-3-7-18-12)8-10-4-2-6-17-10/h2-7,9,11,15H,8H2,1H3,(H2,14,16). The van der Waals surface area contributed by atoms with Gasteiger partial charge in [-0.25, -0.2) is 0 Å². The monoisotopic (exact) mass is 280 g/mol. The summed E-state index contributed by atoms with van der Waals surface area (Å²) in [5.41, 5.74) is 5.32. The average molecular weight is 280 g/mol. The second kappa shape index (κ2) is 6.13. The minimum Gasteiger partial charge on any atom is -0.368 e. The Morgan fingerprint density at radius 3 is 2.61 bits per heavy atom. The summed E-state index contributed by atoms with van der Waals surface area (Å²) in [6.45, 7) is 1.80. The molecule has 0 aliphatic rings. The molecule has 0 saturated heterocycles. The average Bonchev–Trinajstić information content (AvgIpc) is 3.00. The molecule has 1 amide bonds. The van der Waals surface area contributed by atoms with Gasteiger partial charge >= 0.3 is 0 Å². The van der Waals surface area contributed by atoms with E-state index in [9.17, 15) is 4.79 Å². The fraction of sp³-hybridized carbons (Fsp3) is 0.308. The van der Waals surface area contributed by atoms with Crippen LogP contribution in [0.1, 0.15) is 22.7 Å². The van der Waals surface area contributed by atoms with E-state index in [2.05, 4.69) is 22.8 Å². The maximum atomic E-state index is 11.2. The van der Waals surface area contributed by atoms with Gasteiger partial charge < -0.3 is 5.73 Å². The second-order valence-electron chi connectivity index (χ2n) is 4.14. The van der Waals surface area contributed by atoms with E-state index >= 15 is 0 Å². The first-order chi connectivity index (χ1) is 8.66. The van der Waals surface area contributed by atoms with Crippen LogP contribution >= 0.6 is 22.7 Å². The van der Waals surface area contributed by atoms with Gasteiger partial charge in [-0.3, -0.25) is 10.1 Å². The third-order valence-corrected chi connectivity index (χ3v) is 4.63. The lowest BCUT2D eigenvalue weighted by atomic mass is 10.1. The number of nitrogens with two attached hydrogens (primary N) is 1. The number of amides is 1. The highest BCUT2D eigenvalue weighted by Crippen LogP contribution is 2.25. The van der Waals surface area contributed by atoms with Crippen LogP contribution in [-0.4, -0.2) is 11.9 Å². The number of carbonyl (C=O) groups is 1. The molecule has 3 N–H and O–H groups in total. The fourth-order valence-corrected chi connectivity index (χ4v) is 3.28. The van der Waals surface area contributed by atoms with Crippen LogP contribution in [0.4, 0.5) is 0 Å². The molecule has 2 aromatic heterocycles. The second-order valence-corrected chi connectivity index (χ2v) is 6.15. The molecule has 0 radical (unpaired) electrons. The largest absolute Gasteiger partial charge is 0.368 e. The fourth-order valence-electron chi connectivity index (χ4n) is 1.75. The van der Waals surface area contributed by atoms with Crippen LogP contribution in [0.5, 0.6) is 0 Å². The maximum Gasteiger partial charge on any atom is 0.234 e. The summed E-state index contributed by atoms with van der Waals surface area (Å²) < 4.78 is 0.